The Bertz CT molecular complexity index is 1350. The Kier molecular flexibility index (Phi) is 7.85. The molecule has 0 saturated carbocycles. The van der Waals surface area contributed by atoms with Crippen LogP contribution in [-0.4, -0.2) is 18.0 Å². The van der Waals surface area contributed by atoms with E-state index in [2.05, 4.69) is 22.4 Å². The van der Waals surface area contributed by atoms with Crippen LogP contribution in [0.5, 0.6) is 11.5 Å². The molecule has 1 N–H and O–H groups in total. The fraction of sp³-hybridized carbons (Fsp3) is 0.143. The van der Waals surface area contributed by atoms with E-state index in [1.54, 1.807) is 13.2 Å². The van der Waals surface area contributed by atoms with Gasteiger partial charge < -0.3 is 9.47 Å². The zero-order chi connectivity index (χ0) is 24.8. The Labute approximate surface area is 214 Å². The van der Waals surface area contributed by atoms with Crippen LogP contribution in [0.3, 0.4) is 0 Å². The van der Waals surface area contributed by atoms with Crippen LogP contribution in [0.1, 0.15) is 21.6 Å². The molecule has 0 fully saturated rings. The summed E-state index contributed by atoms with van der Waals surface area (Å²) in [5, 5.41) is 4.10. The summed E-state index contributed by atoms with van der Waals surface area (Å²) in [6, 6.07) is 21.2. The number of carbonyl (C=O) groups is 1. The molecule has 4 rings (SSSR count). The smallest absolute Gasteiger partial charge is 0.250 e. The van der Waals surface area contributed by atoms with Gasteiger partial charge >= 0.3 is 0 Å². The summed E-state index contributed by atoms with van der Waals surface area (Å²) in [5.74, 6) is 0.946. The minimum absolute atomic E-state index is 0.253. The maximum Gasteiger partial charge on any atom is 0.250 e. The van der Waals surface area contributed by atoms with Gasteiger partial charge in [0.1, 0.15) is 6.61 Å². The number of thiazole rings is 1. The Hall–Kier alpha value is -3.61. The molecule has 0 spiro atoms. The number of hydrogen-bond donors (Lipinski definition) is 1. The van der Waals surface area contributed by atoms with Crippen LogP contribution in [-0.2, 0) is 11.4 Å². The molecule has 0 unspecified atom stereocenters. The minimum atomic E-state index is -0.253. The van der Waals surface area contributed by atoms with Crippen molar-refractivity contribution in [3.8, 4) is 22.8 Å². The lowest BCUT2D eigenvalue weighted by atomic mass is 10.1. The summed E-state index contributed by atoms with van der Waals surface area (Å²) in [7, 11) is 1.58. The highest BCUT2D eigenvalue weighted by Gasteiger charge is 2.11. The molecule has 7 heteroatoms. The molecule has 0 bridgehead atoms. The molecule has 1 aromatic heterocycles. The number of halogens is 1. The van der Waals surface area contributed by atoms with Gasteiger partial charge in [0.25, 0.3) is 0 Å². The highest BCUT2D eigenvalue weighted by atomic mass is 35.5. The van der Waals surface area contributed by atoms with Gasteiger partial charge in [-0.3, -0.25) is 10.1 Å². The van der Waals surface area contributed by atoms with Crippen LogP contribution in [0.15, 0.2) is 72.8 Å². The largest absolute Gasteiger partial charge is 0.493 e. The van der Waals surface area contributed by atoms with Crippen molar-refractivity contribution in [1.29, 1.82) is 0 Å². The van der Waals surface area contributed by atoms with E-state index >= 15 is 0 Å². The van der Waals surface area contributed by atoms with Crippen molar-refractivity contribution in [2.45, 2.75) is 20.5 Å². The molecular formula is C28H25ClN2O3S. The second-order valence-corrected chi connectivity index (χ2v) is 9.58. The number of rotatable bonds is 8. The standard InChI is InChI=1S/C28H25ClN2O3S/c1-18-4-10-22(11-5-18)27-19(2)35-28(31-27)30-26(32)15-9-20-8-14-24(25(16-20)33-3)34-17-21-6-12-23(29)13-7-21/h4-16H,17H2,1-3H3,(H,30,31,32)/b15-9+. The first-order valence-corrected chi connectivity index (χ1v) is 12.2. The summed E-state index contributed by atoms with van der Waals surface area (Å²) in [6.45, 7) is 4.44. The van der Waals surface area contributed by atoms with Gasteiger partial charge in [0.05, 0.1) is 12.8 Å². The molecule has 0 radical (unpaired) electrons. The average molecular weight is 505 g/mol. The highest BCUT2D eigenvalue weighted by Crippen LogP contribution is 2.31. The summed E-state index contributed by atoms with van der Waals surface area (Å²) in [6.07, 6.45) is 3.20. The van der Waals surface area contributed by atoms with Crippen molar-refractivity contribution in [3.63, 3.8) is 0 Å². The summed E-state index contributed by atoms with van der Waals surface area (Å²) < 4.78 is 11.4. The van der Waals surface area contributed by atoms with E-state index in [9.17, 15) is 4.79 Å². The molecule has 4 aromatic rings. The van der Waals surface area contributed by atoms with Gasteiger partial charge in [0, 0.05) is 21.5 Å². The molecule has 0 saturated heterocycles. The highest BCUT2D eigenvalue weighted by molar-refractivity contribution is 7.16. The predicted molar refractivity (Wildman–Crippen MR) is 143 cm³/mol. The molecule has 0 aliphatic heterocycles. The third kappa shape index (κ3) is 6.50. The molecule has 178 valence electrons. The molecule has 1 heterocycles. The summed E-state index contributed by atoms with van der Waals surface area (Å²) in [5.41, 5.74) is 4.92. The summed E-state index contributed by atoms with van der Waals surface area (Å²) >= 11 is 7.39. The number of ether oxygens (including phenoxy) is 2. The molecule has 5 nitrogen and oxygen atoms in total. The quantitative estimate of drug-likeness (QED) is 0.255. The molecule has 3 aromatic carbocycles. The van der Waals surface area contributed by atoms with Gasteiger partial charge in [-0.15, -0.1) is 11.3 Å². The van der Waals surface area contributed by atoms with E-state index in [0.29, 0.717) is 28.3 Å². The van der Waals surface area contributed by atoms with E-state index in [0.717, 1.165) is 27.3 Å². The van der Waals surface area contributed by atoms with Crippen molar-refractivity contribution in [3.05, 3.63) is 99.4 Å². The number of benzene rings is 3. The van der Waals surface area contributed by atoms with Gasteiger partial charge in [-0.05, 0) is 55.3 Å². The average Bonchev–Trinajstić information content (AvgIpc) is 3.22. The lowest BCUT2D eigenvalue weighted by Gasteiger charge is -2.11. The molecule has 0 aliphatic carbocycles. The third-order valence-corrected chi connectivity index (χ3v) is 6.41. The fourth-order valence-corrected chi connectivity index (χ4v) is 4.36. The molecule has 0 aliphatic rings. The number of nitrogens with one attached hydrogen (secondary N) is 1. The van der Waals surface area contributed by atoms with E-state index in [4.69, 9.17) is 21.1 Å². The number of nitrogens with zero attached hydrogens (tertiary/aromatic N) is 1. The van der Waals surface area contributed by atoms with Crippen molar-refractivity contribution in [2.75, 3.05) is 12.4 Å². The Morgan fingerprint density at radius 1 is 1.03 bits per heavy atom. The first-order chi connectivity index (χ1) is 16.9. The topological polar surface area (TPSA) is 60.5 Å². The van der Waals surface area contributed by atoms with Crippen LogP contribution in [0.25, 0.3) is 17.3 Å². The maximum atomic E-state index is 12.5. The first kappa shape index (κ1) is 24.5. The first-order valence-electron chi connectivity index (χ1n) is 11.0. The molecule has 1 amide bonds. The summed E-state index contributed by atoms with van der Waals surface area (Å²) in [4.78, 5) is 18.1. The predicted octanol–water partition coefficient (Wildman–Crippen LogP) is 7.32. The van der Waals surface area contributed by atoms with Crippen LogP contribution in [0, 0.1) is 13.8 Å². The normalized spacial score (nSPS) is 11.0. The number of carbonyl (C=O) groups excluding carboxylic acids is 1. The van der Waals surface area contributed by atoms with E-state index in [1.165, 1.54) is 23.0 Å². The Balaban J connectivity index is 1.39. The van der Waals surface area contributed by atoms with Gasteiger partial charge in [0.15, 0.2) is 16.6 Å². The van der Waals surface area contributed by atoms with Gasteiger partial charge in [0.2, 0.25) is 5.91 Å². The minimum Gasteiger partial charge on any atom is -0.493 e. The van der Waals surface area contributed by atoms with Gasteiger partial charge in [-0.1, -0.05) is 59.6 Å². The lowest BCUT2D eigenvalue weighted by molar-refractivity contribution is -0.111. The lowest BCUT2D eigenvalue weighted by Crippen LogP contribution is -2.07. The van der Waals surface area contributed by atoms with E-state index < -0.39 is 0 Å². The molecular weight excluding hydrogens is 480 g/mol. The van der Waals surface area contributed by atoms with Crippen molar-refractivity contribution >= 4 is 40.1 Å². The number of methoxy groups -OCH3 is 1. The molecule has 0 atom stereocenters. The van der Waals surface area contributed by atoms with Crippen LogP contribution in [0.4, 0.5) is 5.13 Å². The Morgan fingerprint density at radius 3 is 2.49 bits per heavy atom. The SMILES string of the molecule is COc1cc(/C=C/C(=O)Nc2nc(-c3ccc(C)cc3)c(C)s2)ccc1OCc1ccc(Cl)cc1. The number of amides is 1. The monoisotopic (exact) mass is 504 g/mol. The number of anilines is 1. The number of aryl methyl sites for hydroxylation is 2. The van der Waals surface area contributed by atoms with Gasteiger partial charge in [-0.2, -0.15) is 0 Å². The fourth-order valence-electron chi connectivity index (χ4n) is 3.40. The van der Waals surface area contributed by atoms with Crippen LogP contribution < -0.4 is 14.8 Å². The van der Waals surface area contributed by atoms with E-state index in [-0.39, 0.29) is 5.91 Å². The zero-order valence-electron chi connectivity index (χ0n) is 19.7. The third-order valence-electron chi connectivity index (χ3n) is 5.27. The van der Waals surface area contributed by atoms with Crippen molar-refractivity contribution < 1.29 is 14.3 Å². The zero-order valence-corrected chi connectivity index (χ0v) is 21.2. The second kappa shape index (κ2) is 11.2. The Morgan fingerprint density at radius 2 is 1.77 bits per heavy atom. The van der Waals surface area contributed by atoms with Crippen LogP contribution >= 0.6 is 22.9 Å². The van der Waals surface area contributed by atoms with E-state index in [1.807, 2.05) is 68.4 Å². The van der Waals surface area contributed by atoms with Gasteiger partial charge in [-0.25, -0.2) is 4.98 Å². The second-order valence-electron chi connectivity index (χ2n) is 7.94. The number of hydrogen-bond acceptors (Lipinski definition) is 5. The molecule has 35 heavy (non-hydrogen) atoms. The maximum absolute atomic E-state index is 12.5. The number of aromatic nitrogens is 1. The van der Waals surface area contributed by atoms with Crippen LogP contribution in [0.2, 0.25) is 5.02 Å². The van der Waals surface area contributed by atoms with Crippen molar-refractivity contribution in [2.24, 2.45) is 0 Å². The van der Waals surface area contributed by atoms with Crippen molar-refractivity contribution in [1.82, 2.24) is 4.98 Å².